The van der Waals surface area contributed by atoms with Crippen molar-refractivity contribution >= 4 is 16.8 Å². The molecule has 0 unspecified atom stereocenters. The second-order valence-corrected chi connectivity index (χ2v) is 6.50. The van der Waals surface area contributed by atoms with Crippen molar-refractivity contribution in [3.63, 3.8) is 0 Å². The molecule has 25 heavy (non-hydrogen) atoms. The fourth-order valence-corrected chi connectivity index (χ4v) is 3.48. The van der Waals surface area contributed by atoms with Crippen LogP contribution in [0.3, 0.4) is 0 Å². The molecule has 0 radical (unpaired) electrons. The fourth-order valence-electron chi connectivity index (χ4n) is 3.48. The van der Waals surface area contributed by atoms with Crippen molar-refractivity contribution in [2.75, 3.05) is 13.1 Å². The summed E-state index contributed by atoms with van der Waals surface area (Å²) in [6.45, 7) is 5.17. The molecular weight excluding hydrogens is 318 g/mol. The number of aromatic nitrogens is 4. The quantitative estimate of drug-likeness (QED) is 0.773. The van der Waals surface area contributed by atoms with Gasteiger partial charge in [-0.25, -0.2) is 4.98 Å². The number of fused-ring (bicyclic) bond motifs is 1. The molecule has 3 aromatic rings. The highest BCUT2D eigenvalue weighted by atomic mass is 16.2. The zero-order valence-electron chi connectivity index (χ0n) is 14.2. The number of H-pyrrole nitrogens is 1. The van der Waals surface area contributed by atoms with Gasteiger partial charge >= 0.3 is 0 Å². The number of carbonyl (C=O) groups is 1. The highest BCUT2D eigenvalue weighted by Gasteiger charge is 2.30. The van der Waals surface area contributed by atoms with Crippen molar-refractivity contribution in [3.8, 4) is 0 Å². The molecule has 1 aliphatic heterocycles. The molecule has 1 aromatic carbocycles. The van der Waals surface area contributed by atoms with E-state index in [4.69, 9.17) is 0 Å². The first kappa shape index (κ1) is 15.6. The maximum atomic E-state index is 12.8. The van der Waals surface area contributed by atoms with Gasteiger partial charge in [-0.1, -0.05) is 12.1 Å². The van der Waals surface area contributed by atoms with Gasteiger partial charge in [0.05, 0.1) is 22.6 Å². The molecule has 4 rings (SSSR count). The van der Waals surface area contributed by atoms with Gasteiger partial charge < -0.3 is 9.88 Å². The summed E-state index contributed by atoms with van der Waals surface area (Å²) < 4.78 is 1.99. The van der Waals surface area contributed by atoms with Crippen molar-refractivity contribution in [3.05, 3.63) is 57.9 Å². The monoisotopic (exact) mass is 337 g/mol. The summed E-state index contributed by atoms with van der Waals surface area (Å²) in [5.41, 5.74) is 2.31. The molecule has 7 nitrogen and oxygen atoms in total. The lowest BCUT2D eigenvalue weighted by molar-refractivity contribution is 0.0775. The summed E-state index contributed by atoms with van der Waals surface area (Å²) in [7, 11) is 0. The highest BCUT2D eigenvalue weighted by molar-refractivity contribution is 5.92. The van der Waals surface area contributed by atoms with Crippen LogP contribution in [0.4, 0.5) is 0 Å². The lowest BCUT2D eigenvalue weighted by atomic mass is 10.2. The van der Waals surface area contributed by atoms with Crippen LogP contribution in [0.25, 0.3) is 10.9 Å². The number of hydrogen-bond donors (Lipinski definition) is 1. The van der Waals surface area contributed by atoms with Gasteiger partial charge in [0.25, 0.3) is 11.5 Å². The molecule has 0 saturated carbocycles. The number of hydrogen-bond acceptors (Lipinski definition) is 4. The average Bonchev–Trinajstić information content (AvgIpc) is 3.20. The number of benzene rings is 1. The van der Waals surface area contributed by atoms with Crippen LogP contribution in [0.1, 0.15) is 34.5 Å². The minimum absolute atomic E-state index is 0.0951. The van der Waals surface area contributed by atoms with Crippen LogP contribution in [0.5, 0.6) is 0 Å². The van der Waals surface area contributed by atoms with Gasteiger partial charge in [0.2, 0.25) is 0 Å². The SMILES string of the molecule is Cc1cc(C)n([C@H]2CCN(C(=O)c3nc4ccccc4c(=O)[nH]3)C2)n1. The Kier molecular flexibility index (Phi) is 3.63. The standard InChI is InChI=1S/C18H19N5O2/c1-11-9-12(2)23(21-11)13-7-8-22(10-13)18(25)16-19-15-6-4-3-5-14(15)17(24)20-16/h3-6,9,13H,7-8,10H2,1-2H3,(H,19,20,24)/t13-/m0/s1. The van der Waals surface area contributed by atoms with Gasteiger partial charge in [-0.15, -0.1) is 0 Å². The molecule has 1 atom stereocenters. The first-order valence-electron chi connectivity index (χ1n) is 8.34. The zero-order chi connectivity index (χ0) is 17.6. The third kappa shape index (κ3) is 2.71. The summed E-state index contributed by atoms with van der Waals surface area (Å²) in [6.07, 6.45) is 0.839. The number of aryl methyl sites for hydroxylation is 2. The number of amides is 1. The van der Waals surface area contributed by atoms with E-state index in [-0.39, 0.29) is 23.3 Å². The van der Waals surface area contributed by atoms with Crippen molar-refractivity contribution < 1.29 is 4.79 Å². The van der Waals surface area contributed by atoms with Crippen molar-refractivity contribution in [2.24, 2.45) is 0 Å². The Hall–Kier alpha value is -2.96. The molecule has 1 N–H and O–H groups in total. The summed E-state index contributed by atoms with van der Waals surface area (Å²) >= 11 is 0. The Morgan fingerprint density at radius 1 is 1.28 bits per heavy atom. The summed E-state index contributed by atoms with van der Waals surface area (Å²) in [4.78, 5) is 33.6. The Balaban J connectivity index is 1.60. The Bertz CT molecular complexity index is 1020. The maximum Gasteiger partial charge on any atom is 0.289 e. The zero-order valence-corrected chi connectivity index (χ0v) is 14.2. The van der Waals surface area contributed by atoms with E-state index in [1.165, 1.54) is 0 Å². The van der Waals surface area contributed by atoms with Gasteiger partial charge in [0.15, 0.2) is 5.82 Å². The van der Waals surface area contributed by atoms with Crippen LogP contribution in [-0.2, 0) is 0 Å². The minimum atomic E-state index is -0.289. The number of rotatable bonds is 2. The molecule has 1 aliphatic rings. The van der Waals surface area contributed by atoms with E-state index >= 15 is 0 Å². The number of nitrogens with one attached hydrogen (secondary N) is 1. The molecule has 1 saturated heterocycles. The molecule has 3 heterocycles. The Labute approximate surface area is 144 Å². The van der Waals surface area contributed by atoms with Crippen molar-refractivity contribution in [1.82, 2.24) is 24.6 Å². The van der Waals surface area contributed by atoms with E-state index in [2.05, 4.69) is 15.1 Å². The number of para-hydroxylation sites is 1. The van der Waals surface area contributed by atoms with E-state index < -0.39 is 0 Å². The highest BCUT2D eigenvalue weighted by Crippen LogP contribution is 2.24. The number of carbonyl (C=O) groups excluding carboxylic acids is 1. The first-order chi connectivity index (χ1) is 12.0. The fraction of sp³-hybridized carbons (Fsp3) is 0.333. The molecule has 0 bridgehead atoms. The molecule has 2 aromatic heterocycles. The van der Waals surface area contributed by atoms with Crippen LogP contribution < -0.4 is 5.56 Å². The lowest BCUT2D eigenvalue weighted by Gasteiger charge is -2.17. The predicted molar refractivity (Wildman–Crippen MR) is 93.6 cm³/mol. The predicted octanol–water partition coefficient (Wildman–Crippen LogP) is 1.82. The van der Waals surface area contributed by atoms with Gasteiger partial charge in [0, 0.05) is 18.8 Å². The topological polar surface area (TPSA) is 83.9 Å². The van der Waals surface area contributed by atoms with Crippen molar-refractivity contribution in [1.29, 1.82) is 0 Å². The van der Waals surface area contributed by atoms with E-state index in [0.717, 1.165) is 17.8 Å². The molecule has 0 spiro atoms. The molecule has 7 heteroatoms. The van der Waals surface area contributed by atoms with Gasteiger partial charge in [-0.05, 0) is 38.5 Å². The van der Waals surface area contributed by atoms with Crippen LogP contribution >= 0.6 is 0 Å². The van der Waals surface area contributed by atoms with E-state index in [1.807, 2.05) is 24.6 Å². The van der Waals surface area contributed by atoms with E-state index in [0.29, 0.717) is 24.0 Å². The number of likely N-dealkylation sites (tertiary alicyclic amines) is 1. The summed E-state index contributed by atoms with van der Waals surface area (Å²) in [6, 6.07) is 9.21. The second-order valence-electron chi connectivity index (χ2n) is 6.50. The van der Waals surface area contributed by atoms with Crippen molar-refractivity contribution in [2.45, 2.75) is 26.3 Å². The molecule has 128 valence electrons. The van der Waals surface area contributed by atoms with Gasteiger partial charge in [0.1, 0.15) is 0 Å². The van der Waals surface area contributed by atoms with Crippen LogP contribution in [-0.4, -0.2) is 43.6 Å². The number of nitrogens with zero attached hydrogens (tertiary/aromatic N) is 4. The van der Waals surface area contributed by atoms with Crippen LogP contribution in [0.15, 0.2) is 35.1 Å². The first-order valence-corrected chi connectivity index (χ1v) is 8.34. The largest absolute Gasteiger partial charge is 0.334 e. The van der Waals surface area contributed by atoms with Gasteiger partial charge in [-0.3, -0.25) is 14.3 Å². The number of aromatic amines is 1. The van der Waals surface area contributed by atoms with E-state index in [9.17, 15) is 9.59 Å². The summed E-state index contributed by atoms with van der Waals surface area (Å²) in [5.74, 6) is -0.149. The normalized spacial score (nSPS) is 17.4. The molecule has 0 aliphatic carbocycles. The lowest BCUT2D eigenvalue weighted by Crippen LogP contribution is -2.32. The average molecular weight is 337 g/mol. The van der Waals surface area contributed by atoms with Crippen LogP contribution in [0, 0.1) is 13.8 Å². The van der Waals surface area contributed by atoms with Crippen LogP contribution in [0.2, 0.25) is 0 Å². The minimum Gasteiger partial charge on any atom is -0.334 e. The van der Waals surface area contributed by atoms with Gasteiger partial charge in [-0.2, -0.15) is 5.10 Å². The molecular formula is C18H19N5O2. The molecule has 1 fully saturated rings. The van der Waals surface area contributed by atoms with E-state index in [1.54, 1.807) is 29.2 Å². The summed E-state index contributed by atoms with van der Waals surface area (Å²) in [5, 5.41) is 5.01. The third-order valence-corrected chi connectivity index (χ3v) is 4.66. The Morgan fingerprint density at radius 2 is 2.08 bits per heavy atom. The third-order valence-electron chi connectivity index (χ3n) is 4.66. The second kappa shape index (κ2) is 5.84. The maximum absolute atomic E-state index is 12.8. The Morgan fingerprint density at radius 3 is 2.84 bits per heavy atom. The molecule has 1 amide bonds. The smallest absolute Gasteiger partial charge is 0.289 e.